The normalized spacial score (nSPS) is 21.9. The Morgan fingerprint density at radius 3 is 2.67 bits per heavy atom. The van der Waals surface area contributed by atoms with E-state index in [1.165, 1.54) is 7.11 Å². The number of methoxy groups -OCH3 is 1. The van der Waals surface area contributed by atoms with Crippen LogP contribution in [-0.2, 0) is 14.3 Å². The van der Waals surface area contributed by atoms with Crippen molar-refractivity contribution in [3.8, 4) is 0 Å². The maximum Gasteiger partial charge on any atom is 0.414 e. The highest BCUT2D eigenvalue weighted by atomic mass is 16.6. The van der Waals surface area contributed by atoms with Gasteiger partial charge < -0.3 is 9.47 Å². The fourth-order valence-electron chi connectivity index (χ4n) is 2.63. The maximum atomic E-state index is 12.3. The number of fused-ring (bicyclic) bond motifs is 1. The van der Waals surface area contributed by atoms with Gasteiger partial charge in [0.05, 0.1) is 13.0 Å². The van der Waals surface area contributed by atoms with E-state index >= 15 is 0 Å². The van der Waals surface area contributed by atoms with Gasteiger partial charge >= 0.3 is 12.1 Å². The number of esters is 1. The lowest BCUT2D eigenvalue weighted by atomic mass is 9.89. The van der Waals surface area contributed by atoms with E-state index in [1.807, 2.05) is 32.9 Å². The average Bonchev–Trinajstić information content (AvgIpc) is 2.43. The van der Waals surface area contributed by atoms with Crippen LogP contribution < -0.4 is 0 Å². The summed E-state index contributed by atoms with van der Waals surface area (Å²) in [5.74, 6) is -0.473. The standard InChI is InChI=1S/C16H23NO4/c1-16(2,3)21-15(19)17-9-5-6-11-10-12(14(18)20-4)7-8-13(11)17/h8,10,12H,5-7,9H2,1-4H3. The molecule has 0 N–H and O–H groups in total. The van der Waals surface area contributed by atoms with Gasteiger partial charge in [0.15, 0.2) is 0 Å². The van der Waals surface area contributed by atoms with Crippen molar-refractivity contribution in [3.63, 3.8) is 0 Å². The predicted octanol–water partition coefficient (Wildman–Crippen LogP) is 3.02. The van der Waals surface area contributed by atoms with Gasteiger partial charge in [-0.2, -0.15) is 0 Å². The van der Waals surface area contributed by atoms with Crippen LogP contribution >= 0.6 is 0 Å². The third kappa shape index (κ3) is 3.65. The van der Waals surface area contributed by atoms with Gasteiger partial charge in [-0.1, -0.05) is 12.2 Å². The molecule has 1 unspecified atom stereocenters. The zero-order valence-corrected chi connectivity index (χ0v) is 13.1. The minimum Gasteiger partial charge on any atom is -0.469 e. The van der Waals surface area contributed by atoms with Gasteiger partial charge in [-0.15, -0.1) is 0 Å². The number of ether oxygens (including phenoxy) is 2. The number of nitrogens with zero attached hydrogens (tertiary/aromatic N) is 1. The molecule has 1 amide bonds. The number of rotatable bonds is 1. The van der Waals surface area contributed by atoms with Crippen LogP contribution in [0.2, 0.25) is 0 Å². The van der Waals surface area contributed by atoms with Crippen molar-refractivity contribution >= 4 is 12.1 Å². The van der Waals surface area contributed by atoms with Gasteiger partial charge in [0, 0.05) is 12.2 Å². The van der Waals surface area contributed by atoms with Crippen LogP contribution in [0.15, 0.2) is 23.4 Å². The van der Waals surface area contributed by atoms with E-state index in [-0.39, 0.29) is 18.0 Å². The summed E-state index contributed by atoms with van der Waals surface area (Å²) in [6.07, 6.45) is 5.85. The summed E-state index contributed by atoms with van der Waals surface area (Å²) in [5.41, 5.74) is 1.41. The van der Waals surface area contributed by atoms with E-state index in [1.54, 1.807) is 4.90 Å². The molecule has 0 saturated carbocycles. The molecule has 1 fully saturated rings. The first-order chi connectivity index (χ1) is 9.81. The highest BCUT2D eigenvalue weighted by Crippen LogP contribution is 2.34. The smallest absolute Gasteiger partial charge is 0.414 e. The van der Waals surface area contributed by atoms with Gasteiger partial charge in [0.2, 0.25) is 0 Å². The Morgan fingerprint density at radius 2 is 2.05 bits per heavy atom. The number of allylic oxidation sites excluding steroid dienone is 2. The summed E-state index contributed by atoms with van der Waals surface area (Å²) in [5, 5.41) is 0. The van der Waals surface area contributed by atoms with Crippen LogP contribution in [0.4, 0.5) is 4.79 Å². The molecule has 5 nitrogen and oxygen atoms in total. The minimum atomic E-state index is -0.512. The number of hydrogen-bond acceptors (Lipinski definition) is 4. The van der Waals surface area contributed by atoms with E-state index in [4.69, 9.17) is 9.47 Å². The predicted molar refractivity (Wildman–Crippen MR) is 78.5 cm³/mol. The molecular formula is C16H23NO4. The van der Waals surface area contributed by atoms with Crippen LogP contribution in [0.1, 0.15) is 40.0 Å². The number of carbonyl (C=O) groups is 2. The molecule has 0 aromatic heterocycles. The molecule has 0 bridgehead atoms. The average molecular weight is 293 g/mol. The van der Waals surface area contributed by atoms with E-state index in [2.05, 4.69) is 0 Å². The van der Waals surface area contributed by atoms with Crippen LogP contribution in [0, 0.1) is 5.92 Å². The van der Waals surface area contributed by atoms with Gasteiger partial charge in [-0.3, -0.25) is 9.69 Å². The molecule has 1 heterocycles. The minimum absolute atomic E-state index is 0.229. The molecule has 0 aromatic carbocycles. The molecule has 1 aliphatic heterocycles. The van der Waals surface area contributed by atoms with Crippen LogP contribution in [0.5, 0.6) is 0 Å². The quantitative estimate of drug-likeness (QED) is 0.697. The molecule has 2 rings (SSSR count). The van der Waals surface area contributed by atoms with Gasteiger partial charge in [-0.25, -0.2) is 4.79 Å². The molecule has 21 heavy (non-hydrogen) atoms. The zero-order valence-electron chi connectivity index (χ0n) is 13.1. The highest BCUT2D eigenvalue weighted by molar-refractivity contribution is 5.77. The lowest BCUT2D eigenvalue weighted by Crippen LogP contribution is -2.40. The van der Waals surface area contributed by atoms with Gasteiger partial charge in [-0.05, 0) is 45.6 Å². The molecule has 2 aliphatic rings. The second kappa shape index (κ2) is 5.92. The van der Waals surface area contributed by atoms with E-state index in [0.717, 1.165) is 24.1 Å². The third-order valence-corrected chi connectivity index (χ3v) is 3.53. The number of likely N-dealkylation sites (tertiary alicyclic amines) is 1. The van der Waals surface area contributed by atoms with Crippen molar-refractivity contribution in [2.45, 2.75) is 45.6 Å². The molecule has 1 atom stereocenters. The molecular weight excluding hydrogens is 270 g/mol. The Morgan fingerprint density at radius 1 is 1.33 bits per heavy atom. The first kappa shape index (κ1) is 15.6. The first-order valence-corrected chi connectivity index (χ1v) is 7.31. The van der Waals surface area contributed by atoms with Crippen molar-refractivity contribution in [3.05, 3.63) is 23.4 Å². The summed E-state index contributed by atoms with van der Waals surface area (Å²) < 4.78 is 10.2. The lowest BCUT2D eigenvalue weighted by molar-refractivity contribution is -0.143. The summed E-state index contributed by atoms with van der Waals surface area (Å²) in [6.45, 7) is 6.22. The third-order valence-electron chi connectivity index (χ3n) is 3.53. The Bertz CT molecular complexity index is 499. The van der Waals surface area contributed by atoms with Crippen molar-refractivity contribution in [2.24, 2.45) is 5.92 Å². The Balaban J connectivity index is 2.15. The van der Waals surface area contributed by atoms with Crippen molar-refractivity contribution in [2.75, 3.05) is 13.7 Å². The largest absolute Gasteiger partial charge is 0.469 e. The fraction of sp³-hybridized carbons (Fsp3) is 0.625. The molecule has 0 radical (unpaired) electrons. The summed E-state index contributed by atoms with van der Waals surface area (Å²) in [7, 11) is 1.40. The van der Waals surface area contributed by atoms with E-state index in [9.17, 15) is 9.59 Å². The molecule has 0 aromatic rings. The summed E-state index contributed by atoms with van der Waals surface area (Å²) in [4.78, 5) is 25.6. The van der Waals surface area contributed by atoms with Crippen molar-refractivity contribution in [1.82, 2.24) is 4.90 Å². The number of amides is 1. The SMILES string of the molecule is COC(=O)C1C=C2CCCN(C(=O)OC(C)(C)C)C2=CC1. The first-order valence-electron chi connectivity index (χ1n) is 7.31. The number of carbonyl (C=O) groups excluding carboxylic acids is 2. The van der Waals surface area contributed by atoms with Gasteiger partial charge in [0.25, 0.3) is 0 Å². The summed E-state index contributed by atoms with van der Waals surface area (Å²) >= 11 is 0. The van der Waals surface area contributed by atoms with Crippen molar-refractivity contribution < 1.29 is 19.1 Å². The number of hydrogen-bond donors (Lipinski definition) is 0. The second-order valence-corrected chi connectivity index (χ2v) is 6.38. The zero-order chi connectivity index (χ0) is 15.6. The van der Waals surface area contributed by atoms with Crippen LogP contribution in [-0.4, -0.2) is 36.2 Å². The fourth-order valence-corrected chi connectivity index (χ4v) is 2.63. The van der Waals surface area contributed by atoms with E-state index in [0.29, 0.717) is 13.0 Å². The molecule has 116 valence electrons. The van der Waals surface area contributed by atoms with Gasteiger partial charge in [0.1, 0.15) is 5.60 Å². The Hall–Kier alpha value is -1.78. The van der Waals surface area contributed by atoms with E-state index < -0.39 is 5.60 Å². The Labute approximate surface area is 125 Å². The Kier molecular flexibility index (Phi) is 4.40. The van der Waals surface area contributed by atoms with Crippen LogP contribution in [0.25, 0.3) is 0 Å². The molecule has 0 spiro atoms. The topological polar surface area (TPSA) is 55.8 Å². The number of piperidine rings is 1. The highest BCUT2D eigenvalue weighted by Gasteiger charge is 2.32. The molecule has 1 aliphatic carbocycles. The van der Waals surface area contributed by atoms with Crippen LogP contribution in [0.3, 0.4) is 0 Å². The molecule has 1 saturated heterocycles. The maximum absolute atomic E-state index is 12.3. The lowest BCUT2D eigenvalue weighted by Gasteiger charge is -2.35. The second-order valence-electron chi connectivity index (χ2n) is 6.38. The summed E-state index contributed by atoms with van der Waals surface area (Å²) in [6, 6.07) is 0. The van der Waals surface area contributed by atoms with Crippen molar-refractivity contribution in [1.29, 1.82) is 0 Å². The monoisotopic (exact) mass is 293 g/mol. The molecule has 5 heteroatoms.